The molecule has 1 fully saturated rings. The van der Waals surface area contributed by atoms with Crippen molar-refractivity contribution in [1.82, 2.24) is 10.6 Å². The number of cyclic esters (lactones) is 1. The molecule has 0 spiro atoms. The third-order valence-electron chi connectivity index (χ3n) is 6.57. The molecule has 2 atom stereocenters. The number of unbranched alkanes of at least 4 members (excludes halogenated alkanes) is 3. The van der Waals surface area contributed by atoms with Crippen LogP contribution in [0, 0.1) is 11.8 Å². The largest absolute Gasteiger partial charge is 0.465 e. The molecule has 0 aliphatic carbocycles. The standard InChI is InChI=1S/C27H49N3O4/c1-3-4-5-11-15-23-16-12-9-7-6-8-10-13-19-30-26(32)24(18-20-29-22(2)28)25(31)17-14-21-34-27(23)33/h23-24,29H,2-21,28H2,1H3,(H,30,32)/t23?,24-/m1/s1. The summed E-state index contributed by atoms with van der Waals surface area (Å²) >= 11 is 0. The van der Waals surface area contributed by atoms with Crippen molar-refractivity contribution >= 4 is 17.7 Å². The predicted octanol–water partition coefficient (Wildman–Crippen LogP) is 4.74. The van der Waals surface area contributed by atoms with Crippen molar-refractivity contribution in [3.05, 3.63) is 12.4 Å². The third kappa shape index (κ3) is 14.3. The molecule has 1 heterocycles. The van der Waals surface area contributed by atoms with E-state index in [2.05, 4.69) is 24.1 Å². The number of carbonyl (C=O) groups excluding carboxylic acids is 3. The van der Waals surface area contributed by atoms with Gasteiger partial charge in [0.2, 0.25) is 5.91 Å². The molecule has 1 aliphatic rings. The van der Waals surface area contributed by atoms with Crippen molar-refractivity contribution < 1.29 is 19.1 Å². The van der Waals surface area contributed by atoms with E-state index < -0.39 is 5.92 Å². The van der Waals surface area contributed by atoms with Crippen LogP contribution in [0.1, 0.15) is 110 Å². The van der Waals surface area contributed by atoms with Gasteiger partial charge >= 0.3 is 5.97 Å². The molecule has 0 saturated carbocycles. The number of ether oxygens (including phenoxy) is 1. The summed E-state index contributed by atoms with van der Waals surface area (Å²) in [5, 5.41) is 5.82. The summed E-state index contributed by atoms with van der Waals surface area (Å²) in [5.74, 6) is -0.912. The minimum atomic E-state index is -0.726. The molecule has 1 amide bonds. The fourth-order valence-corrected chi connectivity index (χ4v) is 4.46. The summed E-state index contributed by atoms with van der Waals surface area (Å²) in [6.45, 7) is 7.01. The lowest BCUT2D eigenvalue weighted by atomic mass is 9.94. The van der Waals surface area contributed by atoms with Crippen molar-refractivity contribution in [2.24, 2.45) is 17.6 Å². The van der Waals surface area contributed by atoms with E-state index in [1.807, 2.05) is 0 Å². The van der Waals surface area contributed by atoms with Gasteiger partial charge in [-0.1, -0.05) is 77.7 Å². The van der Waals surface area contributed by atoms with Gasteiger partial charge in [0.15, 0.2) is 0 Å². The zero-order chi connectivity index (χ0) is 25.0. The van der Waals surface area contributed by atoms with Gasteiger partial charge in [0.05, 0.1) is 24.3 Å². The van der Waals surface area contributed by atoms with E-state index in [1.54, 1.807) is 0 Å². The number of ketones is 1. The van der Waals surface area contributed by atoms with Crippen LogP contribution in [0.2, 0.25) is 0 Å². The molecule has 1 saturated heterocycles. The molecule has 4 N–H and O–H groups in total. The lowest BCUT2D eigenvalue weighted by molar-refractivity contribution is -0.150. The monoisotopic (exact) mass is 479 g/mol. The number of esters is 1. The van der Waals surface area contributed by atoms with Crippen molar-refractivity contribution in [3.63, 3.8) is 0 Å². The number of amides is 1. The number of Topliss-reactive ketones (excluding diaryl/α,β-unsaturated/α-hetero) is 1. The number of rotatable bonds is 9. The maximum absolute atomic E-state index is 12.8. The Labute approximate surface area is 207 Å². The first-order valence-corrected chi connectivity index (χ1v) is 13.6. The molecule has 7 nitrogen and oxygen atoms in total. The smallest absolute Gasteiger partial charge is 0.308 e. The molecule has 0 bridgehead atoms. The molecule has 1 aliphatic heterocycles. The first-order valence-electron chi connectivity index (χ1n) is 13.6. The maximum atomic E-state index is 12.8. The number of carbonyl (C=O) groups is 3. The van der Waals surface area contributed by atoms with Crippen LogP contribution in [0.4, 0.5) is 0 Å². The van der Waals surface area contributed by atoms with E-state index >= 15 is 0 Å². The molecule has 34 heavy (non-hydrogen) atoms. The molecule has 0 aromatic heterocycles. The summed E-state index contributed by atoms with van der Waals surface area (Å²) in [7, 11) is 0. The van der Waals surface area contributed by atoms with E-state index in [1.165, 1.54) is 25.7 Å². The second kappa shape index (κ2) is 19.3. The first-order chi connectivity index (χ1) is 16.5. The Morgan fingerprint density at radius 2 is 1.71 bits per heavy atom. The predicted molar refractivity (Wildman–Crippen MR) is 137 cm³/mol. The SMILES string of the molecule is C=C(N)NCC[C@@H]1C(=O)CCCOC(=O)C(CCCCCC)CCCCCCCCCNC1=O. The van der Waals surface area contributed by atoms with Gasteiger partial charge in [-0.3, -0.25) is 14.4 Å². The second-order valence-corrected chi connectivity index (χ2v) is 9.63. The fraction of sp³-hybridized carbons (Fsp3) is 0.815. The van der Waals surface area contributed by atoms with Crippen LogP contribution in [0.25, 0.3) is 0 Å². The van der Waals surface area contributed by atoms with Crippen LogP contribution in [0.5, 0.6) is 0 Å². The van der Waals surface area contributed by atoms with Gasteiger partial charge in [-0.2, -0.15) is 0 Å². The lowest BCUT2D eigenvalue weighted by Gasteiger charge is -2.17. The lowest BCUT2D eigenvalue weighted by Crippen LogP contribution is -2.38. The Kier molecular flexibility index (Phi) is 17.0. The molecular weight excluding hydrogens is 430 g/mol. The average Bonchev–Trinajstić information content (AvgIpc) is 2.80. The average molecular weight is 480 g/mol. The third-order valence-corrected chi connectivity index (χ3v) is 6.57. The van der Waals surface area contributed by atoms with Gasteiger partial charge < -0.3 is 21.1 Å². The molecule has 0 aromatic rings. The Morgan fingerprint density at radius 3 is 2.41 bits per heavy atom. The normalized spacial score (nSPS) is 22.6. The maximum Gasteiger partial charge on any atom is 0.308 e. The Hall–Kier alpha value is -2.05. The number of hydrogen-bond acceptors (Lipinski definition) is 6. The highest BCUT2D eigenvalue weighted by molar-refractivity contribution is 6.01. The second-order valence-electron chi connectivity index (χ2n) is 9.63. The van der Waals surface area contributed by atoms with Gasteiger partial charge in [-0.15, -0.1) is 0 Å². The number of nitrogens with one attached hydrogen (secondary N) is 2. The molecule has 0 radical (unpaired) electrons. The molecule has 0 aromatic carbocycles. The quantitative estimate of drug-likeness (QED) is 0.250. The summed E-state index contributed by atoms with van der Waals surface area (Å²) in [5.41, 5.74) is 5.54. The minimum absolute atomic E-state index is 0.0383. The van der Waals surface area contributed by atoms with Crippen LogP contribution in [0.15, 0.2) is 12.4 Å². The summed E-state index contributed by atoms with van der Waals surface area (Å²) in [4.78, 5) is 38.2. The van der Waals surface area contributed by atoms with Gasteiger partial charge in [0.1, 0.15) is 5.78 Å². The van der Waals surface area contributed by atoms with Crippen molar-refractivity contribution in [1.29, 1.82) is 0 Å². The highest BCUT2D eigenvalue weighted by Gasteiger charge is 2.26. The van der Waals surface area contributed by atoms with E-state index in [9.17, 15) is 14.4 Å². The molecular formula is C27H49N3O4. The van der Waals surface area contributed by atoms with Crippen LogP contribution in [-0.2, 0) is 19.1 Å². The van der Waals surface area contributed by atoms with Crippen molar-refractivity contribution in [2.75, 3.05) is 19.7 Å². The number of hydrogen-bond donors (Lipinski definition) is 3. The van der Waals surface area contributed by atoms with Gasteiger partial charge in [-0.25, -0.2) is 0 Å². The molecule has 196 valence electrons. The fourth-order valence-electron chi connectivity index (χ4n) is 4.46. The van der Waals surface area contributed by atoms with E-state index in [0.717, 1.165) is 57.8 Å². The Morgan fingerprint density at radius 1 is 1.00 bits per heavy atom. The van der Waals surface area contributed by atoms with Gasteiger partial charge in [-0.05, 0) is 32.1 Å². The first kappa shape index (κ1) is 30.0. The van der Waals surface area contributed by atoms with Crippen molar-refractivity contribution in [2.45, 2.75) is 110 Å². The molecule has 7 heteroatoms. The zero-order valence-electron chi connectivity index (χ0n) is 21.5. The van der Waals surface area contributed by atoms with Crippen molar-refractivity contribution in [3.8, 4) is 0 Å². The van der Waals surface area contributed by atoms with E-state index in [0.29, 0.717) is 31.8 Å². The zero-order valence-corrected chi connectivity index (χ0v) is 21.5. The van der Waals surface area contributed by atoms with Crippen LogP contribution in [-0.4, -0.2) is 37.4 Å². The van der Waals surface area contributed by atoms with E-state index in [-0.39, 0.29) is 36.6 Å². The van der Waals surface area contributed by atoms with Crippen LogP contribution < -0.4 is 16.4 Å². The summed E-state index contributed by atoms with van der Waals surface area (Å²) in [6, 6.07) is 0. The topological polar surface area (TPSA) is 111 Å². The van der Waals surface area contributed by atoms with Crippen LogP contribution in [0.3, 0.4) is 0 Å². The highest BCUT2D eigenvalue weighted by Crippen LogP contribution is 2.21. The summed E-state index contributed by atoms with van der Waals surface area (Å²) in [6.07, 6.45) is 15.1. The highest BCUT2D eigenvalue weighted by atomic mass is 16.5. The van der Waals surface area contributed by atoms with E-state index in [4.69, 9.17) is 10.5 Å². The number of nitrogens with two attached hydrogens (primary N) is 1. The van der Waals surface area contributed by atoms with Gasteiger partial charge in [0.25, 0.3) is 0 Å². The molecule has 1 unspecified atom stereocenters. The van der Waals surface area contributed by atoms with Crippen LogP contribution >= 0.6 is 0 Å². The van der Waals surface area contributed by atoms with Gasteiger partial charge in [0, 0.05) is 19.5 Å². The Bertz CT molecular complexity index is 609. The minimum Gasteiger partial charge on any atom is -0.465 e. The molecule has 1 rings (SSSR count). The summed E-state index contributed by atoms with van der Waals surface area (Å²) < 4.78 is 5.57. The Balaban J connectivity index is 2.68.